The zero-order valence-electron chi connectivity index (χ0n) is 11.1. The Kier molecular flexibility index (Phi) is 6.84. The van der Waals surface area contributed by atoms with E-state index >= 15 is 0 Å². The van der Waals surface area contributed by atoms with E-state index in [0.29, 0.717) is 13.1 Å². The van der Waals surface area contributed by atoms with E-state index in [4.69, 9.17) is 27.7 Å². The lowest BCUT2D eigenvalue weighted by Crippen LogP contribution is -2.32. The molecular weight excluding hydrogens is 310 g/mol. The van der Waals surface area contributed by atoms with E-state index in [1.807, 2.05) is 0 Å². The number of hydrogen-bond acceptors (Lipinski definition) is 3. The van der Waals surface area contributed by atoms with Crippen molar-refractivity contribution in [2.45, 2.75) is 33.1 Å². The third-order valence-corrected chi connectivity index (χ3v) is 6.06. The van der Waals surface area contributed by atoms with Gasteiger partial charge in [-0.3, -0.25) is 9.36 Å². The standard InChI is InChI=1S/C11H19Cl2N2O3P/c1-3-18-19(17,15-7-5-4-6-8-15)11(10(12)13)14-9(2)16/h3-8H2,1-2H3,(H,14,16). The molecule has 1 saturated heterocycles. The smallest absolute Gasteiger partial charge is 0.318 e. The van der Waals surface area contributed by atoms with E-state index < -0.39 is 7.52 Å². The highest BCUT2D eigenvalue weighted by atomic mass is 35.5. The second-order valence-electron chi connectivity index (χ2n) is 4.24. The van der Waals surface area contributed by atoms with Crippen LogP contribution in [0.4, 0.5) is 0 Å². The van der Waals surface area contributed by atoms with Gasteiger partial charge in [-0.05, 0) is 19.8 Å². The molecule has 0 saturated carbocycles. The van der Waals surface area contributed by atoms with Crippen molar-refractivity contribution in [3.05, 3.63) is 9.93 Å². The van der Waals surface area contributed by atoms with Crippen LogP contribution in [0.1, 0.15) is 33.1 Å². The highest BCUT2D eigenvalue weighted by molar-refractivity contribution is 7.61. The van der Waals surface area contributed by atoms with Crippen molar-refractivity contribution in [2.75, 3.05) is 19.7 Å². The molecule has 1 aliphatic heterocycles. The Morgan fingerprint density at radius 1 is 1.32 bits per heavy atom. The second kappa shape index (κ2) is 7.65. The Morgan fingerprint density at radius 2 is 1.89 bits per heavy atom. The molecular formula is C11H19Cl2N2O3P. The number of rotatable bonds is 5. The summed E-state index contributed by atoms with van der Waals surface area (Å²) in [6, 6.07) is 0. The third kappa shape index (κ3) is 4.47. The molecule has 8 heteroatoms. The molecule has 0 radical (unpaired) electrons. The maximum Gasteiger partial charge on any atom is 0.320 e. The molecule has 1 amide bonds. The van der Waals surface area contributed by atoms with Crippen LogP contribution in [0.15, 0.2) is 9.93 Å². The lowest BCUT2D eigenvalue weighted by Gasteiger charge is -2.34. The summed E-state index contributed by atoms with van der Waals surface area (Å²) in [6.45, 7) is 4.58. The summed E-state index contributed by atoms with van der Waals surface area (Å²) in [5.41, 5.74) is -0.0212. The molecule has 1 rings (SSSR count). The summed E-state index contributed by atoms with van der Waals surface area (Å²) in [5.74, 6) is -0.384. The number of carbonyl (C=O) groups is 1. The number of hydrogen-bond donors (Lipinski definition) is 1. The zero-order chi connectivity index (χ0) is 14.5. The van der Waals surface area contributed by atoms with Gasteiger partial charge in [-0.2, -0.15) is 0 Å². The van der Waals surface area contributed by atoms with E-state index in [-0.39, 0.29) is 22.4 Å². The van der Waals surface area contributed by atoms with Gasteiger partial charge in [0.1, 0.15) is 9.93 Å². The van der Waals surface area contributed by atoms with E-state index in [1.165, 1.54) is 6.92 Å². The second-order valence-corrected chi connectivity index (χ2v) is 7.50. The summed E-state index contributed by atoms with van der Waals surface area (Å²) in [4.78, 5) is 11.2. The molecule has 1 unspecified atom stereocenters. The minimum absolute atomic E-state index is 0.0212. The molecule has 0 aliphatic carbocycles. The Bertz CT molecular complexity index is 405. The van der Waals surface area contributed by atoms with Gasteiger partial charge in [-0.15, -0.1) is 0 Å². The fraction of sp³-hybridized carbons (Fsp3) is 0.727. The lowest BCUT2D eigenvalue weighted by molar-refractivity contribution is -0.118. The van der Waals surface area contributed by atoms with Crippen molar-refractivity contribution in [1.82, 2.24) is 9.99 Å². The first-order chi connectivity index (χ1) is 8.91. The van der Waals surface area contributed by atoms with Crippen molar-refractivity contribution < 1.29 is 13.9 Å². The number of halogens is 2. The number of nitrogens with zero attached hydrogens (tertiary/aromatic N) is 1. The average Bonchev–Trinajstić information content (AvgIpc) is 2.36. The molecule has 19 heavy (non-hydrogen) atoms. The minimum Gasteiger partial charge on any atom is -0.318 e. The van der Waals surface area contributed by atoms with Crippen LogP contribution >= 0.6 is 30.7 Å². The predicted octanol–water partition coefficient (Wildman–Crippen LogP) is 3.44. The van der Waals surface area contributed by atoms with Crippen molar-refractivity contribution in [2.24, 2.45) is 0 Å². The van der Waals surface area contributed by atoms with E-state index in [0.717, 1.165) is 19.3 Å². The molecule has 1 aliphatic rings. The van der Waals surface area contributed by atoms with Crippen molar-refractivity contribution in [3.8, 4) is 0 Å². The monoisotopic (exact) mass is 328 g/mol. The van der Waals surface area contributed by atoms with Crippen LogP contribution in [0.3, 0.4) is 0 Å². The summed E-state index contributed by atoms with van der Waals surface area (Å²) in [5, 5.41) is 2.45. The highest BCUT2D eigenvalue weighted by Crippen LogP contribution is 2.59. The van der Waals surface area contributed by atoms with Gasteiger partial charge in [0, 0.05) is 20.0 Å². The molecule has 0 aromatic heterocycles. The van der Waals surface area contributed by atoms with E-state index in [2.05, 4.69) is 5.32 Å². The SMILES string of the molecule is CCOP(=O)(C(NC(C)=O)=C(Cl)Cl)N1CCCCC1. The van der Waals surface area contributed by atoms with Crippen LogP contribution < -0.4 is 5.32 Å². The number of carbonyl (C=O) groups excluding carboxylic acids is 1. The predicted molar refractivity (Wildman–Crippen MR) is 77.2 cm³/mol. The van der Waals surface area contributed by atoms with Gasteiger partial charge in [0.2, 0.25) is 5.91 Å². The molecule has 0 aromatic rings. The normalized spacial score (nSPS) is 19.6. The number of piperidine rings is 1. The summed E-state index contributed by atoms with van der Waals surface area (Å²) in [7, 11) is -3.40. The molecule has 1 N–H and O–H groups in total. The summed E-state index contributed by atoms with van der Waals surface area (Å²) >= 11 is 11.6. The average molecular weight is 329 g/mol. The van der Waals surface area contributed by atoms with Crippen LogP contribution in [-0.4, -0.2) is 30.3 Å². The van der Waals surface area contributed by atoms with E-state index in [1.54, 1.807) is 11.6 Å². The Hall–Kier alpha value is -0.0600. The zero-order valence-corrected chi connectivity index (χ0v) is 13.5. The molecule has 110 valence electrons. The fourth-order valence-corrected chi connectivity index (χ4v) is 4.98. The van der Waals surface area contributed by atoms with Gasteiger partial charge >= 0.3 is 7.52 Å². The molecule has 5 nitrogen and oxygen atoms in total. The highest BCUT2D eigenvalue weighted by Gasteiger charge is 2.39. The van der Waals surface area contributed by atoms with Crippen LogP contribution in [0.2, 0.25) is 0 Å². The van der Waals surface area contributed by atoms with Crippen molar-refractivity contribution >= 4 is 36.6 Å². The first-order valence-corrected chi connectivity index (χ1v) is 8.58. The van der Waals surface area contributed by atoms with Gasteiger partial charge in [-0.25, -0.2) is 4.67 Å². The number of nitrogens with one attached hydrogen (secondary N) is 1. The van der Waals surface area contributed by atoms with Crippen molar-refractivity contribution in [1.29, 1.82) is 0 Å². The molecule has 0 aromatic carbocycles. The Morgan fingerprint density at radius 3 is 2.32 bits per heavy atom. The maximum atomic E-state index is 13.1. The maximum absolute atomic E-state index is 13.1. The number of amides is 1. The van der Waals surface area contributed by atoms with Crippen LogP contribution in [-0.2, 0) is 13.9 Å². The fourth-order valence-electron chi connectivity index (χ4n) is 1.99. The van der Waals surface area contributed by atoms with Gasteiger partial charge in [0.25, 0.3) is 0 Å². The first kappa shape index (κ1) is 17.0. The summed E-state index contributed by atoms with van der Waals surface area (Å²) < 4.78 is 20.0. The molecule has 1 atom stereocenters. The molecule has 0 bridgehead atoms. The van der Waals surface area contributed by atoms with Crippen molar-refractivity contribution in [3.63, 3.8) is 0 Å². The van der Waals surface area contributed by atoms with Crippen LogP contribution in [0.25, 0.3) is 0 Å². The van der Waals surface area contributed by atoms with Gasteiger partial charge in [0.15, 0.2) is 0 Å². The largest absolute Gasteiger partial charge is 0.320 e. The Labute approximate surface area is 123 Å². The molecule has 1 fully saturated rings. The summed E-state index contributed by atoms with van der Waals surface area (Å²) in [6.07, 6.45) is 2.96. The van der Waals surface area contributed by atoms with Gasteiger partial charge in [0.05, 0.1) is 6.61 Å². The van der Waals surface area contributed by atoms with Crippen LogP contribution in [0.5, 0.6) is 0 Å². The minimum atomic E-state index is -3.40. The van der Waals surface area contributed by atoms with E-state index in [9.17, 15) is 9.36 Å². The molecule has 0 spiro atoms. The van der Waals surface area contributed by atoms with Gasteiger partial charge < -0.3 is 9.84 Å². The topological polar surface area (TPSA) is 58.6 Å². The first-order valence-electron chi connectivity index (χ1n) is 6.25. The lowest BCUT2D eigenvalue weighted by atomic mass is 10.2. The van der Waals surface area contributed by atoms with Gasteiger partial charge in [-0.1, -0.05) is 29.6 Å². The Balaban J connectivity index is 3.10. The third-order valence-electron chi connectivity index (χ3n) is 2.76. The quantitative estimate of drug-likeness (QED) is 0.785. The van der Waals surface area contributed by atoms with Crippen LogP contribution in [0, 0.1) is 0 Å². The molecule has 1 heterocycles.